The number of para-hydroxylation sites is 1. The van der Waals surface area contributed by atoms with Crippen molar-refractivity contribution >= 4 is 17.2 Å². The van der Waals surface area contributed by atoms with E-state index in [0.717, 1.165) is 59.4 Å². The van der Waals surface area contributed by atoms with Crippen molar-refractivity contribution in [3.05, 3.63) is 40.8 Å². The van der Waals surface area contributed by atoms with Crippen LogP contribution in [0.25, 0.3) is 10.4 Å². The standard InChI is InChI=1S/C22H28N2O3S/c1-15(2)11-17(24-7-9-26-10-8-24)13-23-22(25)20-12-16-14-27-19-6-4-3-5-18(19)21(16)28-20/h3-6,12,15,17H,7-11,13-14H2,1-2H3,(H,23,25). The summed E-state index contributed by atoms with van der Waals surface area (Å²) >= 11 is 1.56. The van der Waals surface area contributed by atoms with E-state index in [-0.39, 0.29) is 5.91 Å². The molecule has 2 aromatic rings. The average Bonchev–Trinajstić information content (AvgIpc) is 3.16. The van der Waals surface area contributed by atoms with Gasteiger partial charge in [-0.25, -0.2) is 0 Å². The molecular weight excluding hydrogens is 372 g/mol. The summed E-state index contributed by atoms with van der Waals surface area (Å²) in [5, 5.41) is 3.18. The highest BCUT2D eigenvalue weighted by molar-refractivity contribution is 7.17. The molecule has 0 aliphatic carbocycles. The third-order valence-corrected chi connectivity index (χ3v) is 6.56. The van der Waals surface area contributed by atoms with Crippen LogP contribution < -0.4 is 10.1 Å². The number of carbonyl (C=O) groups is 1. The smallest absolute Gasteiger partial charge is 0.261 e. The number of hydrogen-bond acceptors (Lipinski definition) is 5. The van der Waals surface area contributed by atoms with Gasteiger partial charge in [0, 0.05) is 41.7 Å². The Morgan fingerprint density at radius 3 is 2.82 bits per heavy atom. The van der Waals surface area contributed by atoms with Crippen molar-refractivity contribution in [2.45, 2.75) is 32.9 Å². The van der Waals surface area contributed by atoms with Crippen LogP contribution >= 0.6 is 11.3 Å². The van der Waals surface area contributed by atoms with Gasteiger partial charge in [-0.1, -0.05) is 26.0 Å². The largest absolute Gasteiger partial charge is 0.488 e. The molecule has 5 nitrogen and oxygen atoms in total. The molecule has 1 aromatic heterocycles. The van der Waals surface area contributed by atoms with Crippen molar-refractivity contribution in [2.75, 3.05) is 32.8 Å². The van der Waals surface area contributed by atoms with Crippen LogP contribution in [-0.4, -0.2) is 49.7 Å². The van der Waals surface area contributed by atoms with Gasteiger partial charge in [0.15, 0.2) is 0 Å². The molecule has 0 bridgehead atoms. The highest BCUT2D eigenvalue weighted by Crippen LogP contribution is 2.42. The van der Waals surface area contributed by atoms with Gasteiger partial charge in [0.25, 0.3) is 5.91 Å². The SMILES string of the molecule is CC(C)CC(CNC(=O)c1cc2c(s1)-c1ccccc1OC2)N1CCOCC1. The minimum absolute atomic E-state index is 0.0129. The van der Waals surface area contributed by atoms with E-state index in [2.05, 4.69) is 30.1 Å². The van der Waals surface area contributed by atoms with Crippen LogP contribution in [-0.2, 0) is 11.3 Å². The van der Waals surface area contributed by atoms with Gasteiger partial charge < -0.3 is 14.8 Å². The van der Waals surface area contributed by atoms with Gasteiger partial charge >= 0.3 is 0 Å². The van der Waals surface area contributed by atoms with Crippen LogP contribution in [0.3, 0.4) is 0 Å². The van der Waals surface area contributed by atoms with Crippen molar-refractivity contribution in [2.24, 2.45) is 5.92 Å². The van der Waals surface area contributed by atoms with E-state index in [1.165, 1.54) is 0 Å². The number of rotatable bonds is 6. The zero-order valence-corrected chi connectivity index (χ0v) is 17.4. The minimum atomic E-state index is 0.0129. The second-order valence-electron chi connectivity index (χ2n) is 7.89. The molecule has 1 fully saturated rings. The fourth-order valence-corrected chi connectivity index (χ4v) is 5.07. The van der Waals surface area contributed by atoms with Gasteiger partial charge in [-0.15, -0.1) is 11.3 Å². The van der Waals surface area contributed by atoms with Gasteiger partial charge in [-0.05, 0) is 30.5 Å². The van der Waals surface area contributed by atoms with Gasteiger partial charge in [0.05, 0.1) is 18.1 Å². The predicted octanol–water partition coefficient (Wildman–Crippen LogP) is 3.78. The van der Waals surface area contributed by atoms with E-state index < -0.39 is 0 Å². The molecule has 150 valence electrons. The molecule has 1 atom stereocenters. The van der Waals surface area contributed by atoms with Crippen LogP contribution in [0, 0.1) is 5.92 Å². The molecule has 0 spiro atoms. The van der Waals surface area contributed by atoms with E-state index in [1.807, 2.05) is 24.3 Å². The van der Waals surface area contributed by atoms with Crippen LogP contribution in [0.1, 0.15) is 35.5 Å². The third-order valence-electron chi connectivity index (χ3n) is 5.35. The fraction of sp³-hybridized carbons (Fsp3) is 0.500. The van der Waals surface area contributed by atoms with Gasteiger partial charge in [-0.3, -0.25) is 9.69 Å². The lowest BCUT2D eigenvalue weighted by Gasteiger charge is -2.35. The molecule has 28 heavy (non-hydrogen) atoms. The van der Waals surface area contributed by atoms with E-state index in [0.29, 0.717) is 25.1 Å². The molecule has 0 saturated carbocycles. The highest BCUT2D eigenvalue weighted by atomic mass is 32.1. The summed E-state index contributed by atoms with van der Waals surface area (Å²) in [5.74, 6) is 1.50. The highest BCUT2D eigenvalue weighted by Gasteiger charge is 2.25. The first-order chi connectivity index (χ1) is 13.6. The maximum absolute atomic E-state index is 12.9. The minimum Gasteiger partial charge on any atom is -0.488 e. The summed E-state index contributed by atoms with van der Waals surface area (Å²) < 4.78 is 11.3. The van der Waals surface area contributed by atoms with Gasteiger partial charge in [0.1, 0.15) is 12.4 Å². The zero-order valence-electron chi connectivity index (χ0n) is 16.6. The first-order valence-electron chi connectivity index (χ1n) is 10.1. The number of carbonyl (C=O) groups excluding carboxylic acids is 1. The van der Waals surface area contributed by atoms with Gasteiger partial charge in [0.2, 0.25) is 0 Å². The Hall–Kier alpha value is -1.89. The van der Waals surface area contributed by atoms with Crippen LogP contribution in [0.2, 0.25) is 0 Å². The Balaban J connectivity index is 1.44. The lowest BCUT2D eigenvalue weighted by atomic mass is 10.0. The Bertz CT molecular complexity index is 827. The summed E-state index contributed by atoms with van der Waals surface area (Å²) in [6.45, 7) is 9.11. The van der Waals surface area contributed by atoms with Crippen LogP contribution in [0.4, 0.5) is 0 Å². The van der Waals surface area contributed by atoms with Crippen molar-refractivity contribution in [1.29, 1.82) is 0 Å². The molecule has 0 radical (unpaired) electrons. The molecule has 4 rings (SSSR count). The molecule has 1 unspecified atom stereocenters. The van der Waals surface area contributed by atoms with E-state index in [9.17, 15) is 4.79 Å². The quantitative estimate of drug-likeness (QED) is 0.802. The molecule has 1 amide bonds. The monoisotopic (exact) mass is 400 g/mol. The van der Waals surface area contributed by atoms with Gasteiger partial charge in [-0.2, -0.15) is 0 Å². The Kier molecular flexibility index (Phi) is 5.99. The number of thiophene rings is 1. The number of amides is 1. The molecule has 1 aromatic carbocycles. The summed E-state index contributed by atoms with van der Waals surface area (Å²) in [7, 11) is 0. The molecule has 1 N–H and O–H groups in total. The van der Waals surface area contributed by atoms with Crippen molar-refractivity contribution in [3.63, 3.8) is 0 Å². The molecule has 2 aliphatic rings. The maximum Gasteiger partial charge on any atom is 0.261 e. The number of hydrogen-bond donors (Lipinski definition) is 1. The van der Waals surface area contributed by atoms with Crippen molar-refractivity contribution < 1.29 is 14.3 Å². The number of nitrogens with zero attached hydrogens (tertiary/aromatic N) is 1. The zero-order chi connectivity index (χ0) is 19.5. The fourth-order valence-electron chi connectivity index (χ4n) is 3.96. The second-order valence-corrected chi connectivity index (χ2v) is 8.94. The van der Waals surface area contributed by atoms with Crippen LogP contribution in [0.15, 0.2) is 30.3 Å². The second kappa shape index (κ2) is 8.64. The number of nitrogens with one attached hydrogen (secondary N) is 1. The van der Waals surface area contributed by atoms with Crippen LogP contribution in [0.5, 0.6) is 5.75 Å². The molecule has 1 saturated heterocycles. The summed E-state index contributed by atoms with van der Waals surface area (Å²) in [6, 6.07) is 10.4. The maximum atomic E-state index is 12.9. The lowest BCUT2D eigenvalue weighted by molar-refractivity contribution is 0.0125. The molecular formula is C22H28N2O3S. The van der Waals surface area contributed by atoms with E-state index in [1.54, 1.807) is 11.3 Å². The Labute approximate surface area is 170 Å². The first kappa shape index (κ1) is 19.4. The molecule has 2 aliphatic heterocycles. The Morgan fingerprint density at radius 1 is 1.25 bits per heavy atom. The number of benzene rings is 1. The van der Waals surface area contributed by atoms with Crippen molar-refractivity contribution in [3.8, 4) is 16.2 Å². The number of ether oxygens (including phenoxy) is 2. The summed E-state index contributed by atoms with van der Waals surface area (Å²) in [6.07, 6.45) is 1.07. The Morgan fingerprint density at radius 2 is 2.04 bits per heavy atom. The van der Waals surface area contributed by atoms with E-state index in [4.69, 9.17) is 9.47 Å². The first-order valence-corrected chi connectivity index (χ1v) is 10.9. The summed E-state index contributed by atoms with van der Waals surface area (Å²) in [5.41, 5.74) is 2.18. The third kappa shape index (κ3) is 4.24. The molecule has 3 heterocycles. The number of morpholine rings is 1. The average molecular weight is 401 g/mol. The normalized spacial score (nSPS) is 17.5. The van der Waals surface area contributed by atoms with Crippen molar-refractivity contribution in [1.82, 2.24) is 10.2 Å². The van der Waals surface area contributed by atoms with E-state index >= 15 is 0 Å². The summed E-state index contributed by atoms with van der Waals surface area (Å²) in [4.78, 5) is 17.2. The number of fused-ring (bicyclic) bond motifs is 3. The lowest BCUT2D eigenvalue weighted by Crippen LogP contribution is -2.49. The molecule has 6 heteroatoms. The predicted molar refractivity (Wildman–Crippen MR) is 112 cm³/mol. The topological polar surface area (TPSA) is 50.8 Å².